The van der Waals surface area contributed by atoms with E-state index in [1.807, 2.05) is 0 Å². The van der Waals surface area contributed by atoms with Crippen LogP contribution in [0.2, 0.25) is 0 Å². The highest BCUT2D eigenvalue weighted by Crippen LogP contribution is 2.29. The van der Waals surface area contributed by atoms with Gasteiger partial charge >= 0.3 is 0 Å². The normalized spacial score (nSPS) is 10.4. The van der Waals surface area contributed by atoms with Crippen molar-refractivity contribution in [1.29, 1.82) is 0 Å². The first-order chi connectivity index (χ1) is 8.54. The van der Waals surface area contributed by atoms with Crippen molar-refractivity contribution in [3.63, 3.8) is 0 Å². The molecule has 0 amide bonds. The molecule has 0 atom stereocenters. The van der Waals surface area contributed by atoms with Crippen LogP contribution in [0.15, 0.2) is 23.6 Å². The minimum Gasteiger partial charge on any atom is -0.495 e. The number of methoxy groups -OCH3 is 1. The van der Waals surface area contributed by atoms with Gasteiger partial charge < -0.3 is 10.5 Å². The van der Waals surface area contributed by atoms with Crippen LogP contribution in [0.25, 0.3) is 0 Å². The van der Waals surface area contributed by atoms with Gasteiger partial charge in [0.25, 0.3) is 0 Å². The minimum atomic E-state index is -1.11. The number of hydrogen-bond donors (Lipinski definition) is 1. The van der Waals surface area contributed by atoms with Crippen molar-refractivity contribution in [1.82, 2.24) is 0 Å². The molecule has 3 nitrogen and oxygen atoms in total. The van der Waals surface area contributed by atoms with E-state index in [4.69, 9.17) is 10.5 Å². The molecule has 0 fully saturated rings. The summed E-state index contributed by atoms with van der Waals surface area (Å²) >= 11 is 1.15. The number of thiophene rings is 1. The average Bonchev–Trinajstić information content (AvgIpc) is 2.81. The van der Waals surface area contributed by atoms with E-state index in [0.29, 0.717) is 10.6 Å². The molecule has 0 aliphatic carbocycles. The van der Waals surface area contributed by atoms with Crippen molar-refractivity contribution in [2.75, 3.05) is 12.8 Å². The number of carbonyl (C=O) groups excluding carboxylic acids is 1. The third-order valence-corrected chi connectivity index (χ3v) is 3.29. The Morgan fingerprint density at radius 3 is 2.67 bits per heavy atom. The van der Waals surface area contributed by atoms with Gasteiger partial charge in [0.05, 0.1) is 7.11 Å². The van der Waals surface area contributed by atoms with Gasteiger partial charge in [-0.25, -0.2) is 8.78 Å². The Kier molecular flexibility index (Phi) is 3.29. The lowest BCUT2D eigenvalue weighted by Gasteiger charge is -2.06. The van der Waals surface area contributed by atoms with Crippen LogP contribution in [0.1, 0.15) is 15.2 Å². The van der Waals surface area contributed by atoms with E-state index < -0.39 is 17.4 Å². The SMILES string of the molecule is COc1ccsc1C(=O)c1cc(F)c(F)cc1N. The summed E-state index contributed by atoms with van der Waals surface area (Å²) in [7, 11) is 1.42. The van der Waals surface area contributed by atoms with E-state index in [9.17, 15) is 13.6 Å². The molecule has 0 bridgehead atoms. The van der Waals surface area contributed by atoms with Crippen molar-refractivity contribution >= 4 is 22.8 Å². The Hall–Kier alpha value is -1.95. The fourth-order valence-electron chi connectivity index (χ4n) is 1.50. The van der Waals surface area contributed by atoms with E-state index in [0.717, 1.165) is 23.5 Å². The molecule has 18 heavy (non-hydrogen) atoms. The zero-order valence-corrected chi connectivity index (χ0v) is 10.2. The van der Waals surface area contributed by atoms with Crippen LogP contribution in [0.4, 0.5) is 14.5 Å². The number of benzene rings is 1. The minimum absolute atomic E-state index is 0.0744. The van der Waals surface area contributed by atoms with Gasteiger partial charge in [0.15, 0.2) is 11.6 Å². The third-order valence-electron chi connectivity index (χ3n) is 2.39. The highest BCUT2D eigenvalue weighted by Gasteiger charge is 2.20. The summed E-state index contributed by atoms with van der Waals surface area (Å²) in [6.45, 7) is 0. The average molecular weight is 269 g/mol. The first kappa shape index (κ1) is 12.5. The Balaban J connectivity index is 2.50. The van der Waals surface area contributed by atoms with Crippen molar-refractivity contribution < 1.29 is 18.3 Å². The Labute approximate surface area is 106 Å². The lowest BCUT2D eigenvalue weighted by molar-refractivity contribution is 0.104. The maximum Gasteiger partial charge on any atom is 0.208 e. The molecule has 6 heteroatoms. The van der Waals surface area contributed by atoms with Gasteiger partial charge in [-0.2, -0.15) is 0 Å². The molecule has 1 heterocycles. The van der Waals surface area contributed by atoms with E-state index in [1.54, 1.807) is 11.4 Å². The number of carbonyl (C=O) groups is 1. The van der Waals surface area contributed by atoms with Crippen molar-refractivity contribution in [2.45, 2.75) is 0 Å². The van der Waals surface area contributed by atoms with E-state index in [1.165, 1.54) is 7.11 Å². The van der Waals surface area contributed by atoms with Gasteiger partial charge in [0, 0.05) is 17.3 Å². The zero-order valence-electron chi connectivity index (χ0n) is 9.37. The molecule has 0 unspecified atom stereocenters. The number of anilines is 1. The molecule has 2 N–H and O–H groups in total. The van der Waals surface area contributed by atoms with E-state index >= 15 is 0 Å². The summed E-state index contributed by atoms with van der Waals surface area (Å²) in [4.78, 5) is 12.4. The van der Waals surface area contributed by atoms with E-state index in [-0.39, 0.29) is 11.3 Å². The predicted octanol–water partition coefficient (Wildman–Crippen LogP) is 2.85. The predicted molar refractivity (Wildman–Crippen MR) is 65.1 cm³/mol. The summed E-state index contributed by atoms with van der Waals surface area (Å²) in [5.41, 5.74) is 5.35. The second kappa shape index (κ2) is 4.73. The van der Waals surface area contributed by atoms with Crippen LogP contribution >= 0.6 is 11.3 Å². The summed E-state index contributed by atoms with van der Waals surface area (Å²) in [5, 5.41) is 1.67. The number of halogens is 2. The number of ketones is 1. The van der Waals surface area contributed by atoms with Gasteiger partial charge in [0.2, 0.25) is 5.78 Å². The Morgan fingerprint density at radius 2 is 2.00 bits per heavy atom. The van der Waals surface area contributed by atoms with Crippen molar-refractivity contribution in [3.8, 4) is 5.75 Å². The third kappa shape index (κ3) is 2.06. The molecule has 0 aliphatic heterocycles. The number of nitrogens with two attached hydrogens (primary N) is 1. The molecule has 1 aromatic heterocycles. The fraction of sp³-hybridized carbons (Fsp3) is 0.0833. The van der Waals surface area contributed by atoms with Crippen LogP contribution in [0, 0.1) is 11.6 Å². The molecule has 0 radical (unpaired) electrons. The zero-order chi connectivity index (χ0) is 13.3. The molecule has 1 aromatic carbocycles. The molecule has 2 rings (SSSR count). The number of rotatable bonds is 3. The van der Waals surface area contributed by atoms with E-state index in [2.05, 4.69) is 0 Å². The van der Waals surface area contributed by atoms with Crippen LogP contribution in [-0.4, -0.2) is 12.9 Å². The summed E-state index contributed by atoms with van der Waals surface area (Å²) in [6, 6.07) is 3.21. The van der Waals surface area contributed by atoms with Crippen molar-refractivity contribution in [3.05, 3.63) is 45.7 Å². The fourth-order valence-corrected chi connectivity index (χ4v) is 2.32. The summed E-state index contributed by atoms with van der Waals surface area (Å²) < 4.78 is 31.1. The first-order valence-electron chi connectivity index (χ1n) is 4.95. The first-order valence-corrected chi connectivity index (χ1v) is 5.83. The van der Waals surface area contributed by atoms with Crippen LogP contribution in [0.5, 0.6) is 5.75 Å². The van der Waals surface area contributed by atoms with Gasteiger partial charge in [-0.1, -0.05) is 0 Å². The maximum atomic E-state index is 13.1. The van der Waals surface area contributed by atoms with Crippen LogP contribution in [-0.2, 0) is 0 Å². The van der Waals surface area contributed by atoms with Crippen molar-refractivity contribution in [2.24, 2.45) is 0 Å². The number of hydrogen-bond acceptors (Lipinski definition) is 4. The Morgan fingerprint density at radius 1 is 1.33 bits per heavy atom. The topological polar surface area (TPSA) is 52.3 Å². The maximum absolute atomic E-state index is 13.1. The Bertz CT molecular complexity index is 610. The smallest absolute Gasteiger partial charge is 0.208 e. The van der Waals surface area contributed by atoms with Gasteiger partial charge in [-0.05, 0) is 17.5 Å². The molecular formula is C12H9F2NO2S. The quantitative estimate of drug-likeness (QED) is 0.688. The number of ether oxygens (including phenoxy) is 1. The highest BCUT2D eigenvalue weighted by molar-refractivity contribution is 7.12. The van der Waals surface area contributed by atoms with Crippen LogP contribution < -0.4 is 10.5 Å². The molecular weight excluding hydrogens is 260 g/mol. The van der Waals surface area contributed by atoms with Gasteiger partial charge in [-0.15, -0.1) is 11.3 Å². The second-order valence-corrected chi connectivity index (χ2v) is 4.42. The molecule has 2 aromatic rings. The van der Waals surface area contributed by atoms with Crippen LogP contribution in [0.3, 0.4) is 0 Å². The molecule has 94 valence electrons. The number of nitrogen functional groups attached to an aromatic ring is 1. The van der Waals surface area contributed by atoms with Gasteiger partial charge in [0.1, 0.15) is 10.6 Å². The lowest BCUT2D eigenvalue weighted by atomic mass is 10.1. The highest BCUT2D eigenvalue weighted by atomic mass is 32.1. The molecule has 0 saturated carbocycles. The molecule has 0 spiro atoms. The molecule has 0 aliphatic rings. The van der Waals surface area contributed by atoms with Gasteiger partial charge in [-0.3, -0.25) is 4.79 Å². The summed E-state index contributed by atoms with van der Waals surface area (Å²) in [6.07, 6.45) is 0. The second-order valence-electron chi connectivity index (χ2n) is 3.50. The standard InChI is InChI=1S/C12H9F2NO2S/c1-17-10-2-3-18-12(10)11(16)6-4-7(13)8(14)5-9(6)15/h2-5H,15H2,1H3. The summed E-state index contributed by atoms with van der Waals surface area (Å²) in [5.74, 6) is -2.29. The largest absolute Gasteiger partial charge is 0.495 e. The molecule has 0 saturated heterocycles. The monoisotopic (exact) mass is 269 g/mol. The lowest BCUT2D eigenvalue weighted by Crippen LogP contribution is -2.06.